The molecule has 0 saturated heterocycles. The summed E-state index contributed by atoms with van der Waals surface area (Å²) in [6, 6.07) is 12.8. The van der Waals surface area contributed by atoms with Crippen molar-refractivity contribution in [3.63, 3.8) is 0 Å². The highest BCUT2D eigenvalue weighted by atomic mass is 16.5. The van der Waals surface area contributed by atoms with Crippen LogP contribution < -0.4 is 5.46 Å². The van der Waals surface area contributed by atoms with Gasteiger partial charge in [-0.15, -0.1) is 0 Å². The number of carbonyl (C=O) groups is 1. The van der Waals surface area contributed by atoms with E-state index < -0.39 is 11.2 Å². The number of benzene rings is 2. The highest BCUT2D eigenvalue weighted by Crippen LogP contribution is 2.53. The molecule has 2 aromatic rings. The minimum atomic E-state index is -0.931. The fourth-order valence-corrected chi connectivity index (χ4v) is 4.68. The first-order valence-corrected chi connectivity index (χ1v) is 11.2. The minimum absolute atomic E-state index is 0.0606. The highest BCUT2D eigenvalue weighted by molar-refractivity contribution is 6.47. The molecular formula is C26H35BO3. The summed E-state index contributed by atoms with van der Waals surface area (Å²) in [5, 5.41) is 10.4. The van der Waals surface area contributed by atoms with Crippen molar-refractivity contribution in [3.05, 3.63) is 53.1 Å². The summed E-state index contributed by atoms with van der Waals surface area (Å²) in [4.78, 5) is 11.5. The lowest BCUT2D eigenvalue weighted by atomic mass is 9.70. The molecule has 0 aromatic heterocycles. The van der Waals surface area contributed by atoms with Crippen molar-refractivity contribution in [2.45, 2.75) is 83.8 Å². The molecule has 3 rings (SSSR count). The van der Waals surface area contributed by atoms with Crippen molar-refractivity contribution in [2.75, 3.05) is 0 Å². The van der Waals surface area contributed by atoms with Crippen LogP contribution in [-0.2, 0) is 10.1 Å². The van der Waals surface area contributed by atoms with Crippen LogP contribution in [0.15, 0.2) is 36.4 Å². The third-order valence-corrected chi connectivity index (χ3v) is 7.01. The lowest BCUT2D eigenvalue weighted by Gasteiger charge is -2.37. The fourth-order valence-electron chi connectivity index (χ4n) is 4.68. The monoisotopic (exact) mass is 406 g/mol. The van der Waals surface area contributed by atoms with E-state index in [1.54, 1.807) is 13.8 Å². The SMILES string of the molecule is CCCC1(CCC)c2cc(BOC(C)(C)C(C)(C)O)ccc2-c2ccc(C=O)cc21. The molecule has 0 heterocycles. The Labute approximate surface area is 182 Å². The zero-order valence-corrected chi connectivity index (χ0v) is 19.3. The summed E-state index contributed by atoms with van der Waals surface area (Å²) in [6.45, 7) is 11.9. The molecule has 4 heteroatoms. The molecule has 0 bridgehead atoms. The number of aliphatic hydroxyl groups is 1. The first-order chi connectivity index (χ1) is 14.1. The van der Waals surface area contributed by atoms with Crippen molar-refractivity contribution in [1.29, 1.82) is 0 Å². The molecule has 160 valence electrons. The smallest absolute Gasteiger partial charge is 0.309 e. The van der Waals surface area contributed by atoms with Crippen LogP contribution >= 0.6 is 0 Å². The van der Waals surface area contributed by atoms with E-state index in [1.807, 2.05) is 19.9 Å². The van der Waals surface area contributed by atoms with Crippen molar-refractivity contribution in [3.8, 4) is 11.1 Å². The van der Waals surface area contributed by atoms with Crippen LogP contribution in [0, 0.1) is 0 Å². The molecular weight excluding hydrogens is 371 g/mol. The first kappa shape index (κ1) is 22.8. The maximum Gasteiger partial charge on any atom is 0.309 e. The average molecular weight is 406 g/mol. The second-order valence-electron chi connectivity index (χ2n) is 9.74. The molecule has 1 N–H and O–H groups in total. The normalized spacial score (nSPS) is 14.9. The predicted molar refractivity (Wildman–Crippen MR) is 126 cm³/mol. The van der Waals surface area contributed by atoms with Gasteiger partial charge < -0.3 is 9.76 Å². The number of hydrogen-bond acceptors (Lipinski definition) is 3. The van der Waals surface area contributed by atoms with Gasteiger partial charge in [0.1, 0.15) is 6.29 Å². The molecule has 3 nitrogen and oxygen atoms in total. The number of aldehydes is 1. The molecule has 1 aliphatic carbocycles. The molecule has 0 fully saturated rings. The number of hydrogen-bond donors (Lipinski definition) is 1. The Hall–Kier alpha value is -1.91. The van der Waals surface area contributed by atoms with Crippen LogP contribution in [0.4, 0.5) is 0 Å². The molecule has 0 atom stereocenters. The van der Waals surface area contributed by atoms with Crippen LogP contribution in [0.3, 0.4) is 0 Å². The second-order valence-corrected chi connectivity index (χ2v) is 9.74. The Balaban J connectivity index is 2.06. The van der Waals surface area contributed by atoms with E-state index in [9.17, 15) is 9.90 Å². The van der Waals surface area contributed by atoms with Crippen LogP contribution in [0.2, 0.25) is 0 Å². The van der Waals surface area contributed by atoms with Gasteiger partial charge in [-0.3, -0.25) is 4.79 Å². The Morgan fingerprint density at radius 3 is 2.07 bits per heavy atom. The van der Waals surface area contributed by atoms with E-state index in [0.717, 1.165) is 43.0 Å². The van der Waals surface area contributed by atoms with Gasteiger partial charge in [0, 0.05) is 11.0 Å². The van der Waals surface area contributed by atoms with Gasteiger partial charge in [-0.1, -0.05) is 62.5 Å². The molecule has 0 saturated carbocycles. The van der Waals surface area contributed by atoms with Crippen LogP contribution in [-0.4, -0.2) is 30.1 Å². The van der Waals surface area contributed by atoms with E-state index >= 15 is 0 Å². The number of rotatable bonds is 9. The Kier molecular flexibility index (Phi) is 6.31. The Morgan fingerprint density at radius 2 is 1.53 bits per heavy atom. The van der Waals surface area contributed by atoms with E-state index in [1.165, 1.54) is 22.3 Å². The Bertz CT molecular complexity index is 918. The zero-order chi connectivity index (χ0) is 22.2. The predicted octanol–water partition coefficient (Wildman–Crippen LogP) is 4.91. The van der Waals surface area contributed by atoms with Gasteiger partial charge in [0.2, 0.25) is 0 Å². The molecule has 0 unspecified atom stereocenters. The van der Waals surface area contributed by atoms with Gasteiger partial charge in [-0.25, -0.2) is 0 Å². The van der Waals surface area contributed by atoms with Gasteiger partial charge in [0.05, 0.1) is 11.2 Å². The summed E-state index contributed by atoms with van der Waals surface area (Å²) in [7, 11) is 0.453. The summed E-state index contributed by atoms with van der Waals surface area (Å²) in [6.07, 6.45) is 5.22. The standard InChI is InChI=1S/C26H35BO3/c1-7-13-26(14-8-2)22-15-18(17-28)9-11-20(22)21-12-10-19(16-23(21)26)27-30-25(5,6)24(3,4)29/h9-12,15-17,27,29H,7-8,13-14H2,1-6H3. The van der Waals surface area contributed by atoms with Gasteiger partial charge in [0.15, 0.2) is 0 Å². The summed E-state index contributed by atoms with van der Waals surface area (Å²) in [5.41, 5.74) is 5.38. The van der Waals surface area contributed by atoms with Crippen LogP contribution in [0.25, 0.3) is 11.1 Å². The first-order valence-electron chi connectivity index (χ1n) is 11.2. The van der Waals surface area contributed by atoms with E-state index in [-0.39, 0.29) is 5.41 Å². The topological polar surface area (TPSA) is 46.5 Å². The molecule has 30 heavy (non-hydrogen) atoms. The molecule has 2 aromatic carbocycles. The number of carbonyl (C=O) groups excluding carboxylic acids is 1. The van der Waals surface area contributed by atoms with E-state index in [0.29, 0.717) is 7.48 Å². The van der Waals surface area contributed by atoms with Gasteiger partial charge in [0.25, 0.3) is 0 Å². The third-order valence-electron chi connectivity index (χ3n) is 7.01. The average Bonchev–Trinajstić information content (AvgIpc) is 2.95. The lowest BCUT2D eigenvalue weighted by molar-refractivity contribution is -0.0893. The van der Waals surface area contributed by atoms with Crippen molar-refractivity contribution < 1.29 is 14.6 Å². The van der Waals surface area contributed by atoms with Crippen molar-refractivity contribution >= 4 is 19.2 Å². The molecule has 0 radical (unpaired) electrons. The molecule has 1 aliphatic rings. The quantitative estimate of drug-likeness (QED) is 0.476. The summed E-state index contributed by atoms with van der Waals surface area (Å²) < 4.78 is 6.15. The van der Waals surface area contributed by atoms with E-state index in [2.05, 4.69) is 44.2 Å². The van der Waals surface area contributed by atoms with Crippen LogP contribution in [0.1, 0.15) is 88.7 Å². The molecule has 0 aliphatic heterocycles. The Morgan fingerprint density at radius 1 is 0.967 bits per heavy atom. The zero-order valence-electron chi connectivity index (χ0n) is 19.3. The second kappa shape index (κ2) is 8.32. The molecule has 0 amide bonds. The van der Waals surface area contributed by atoms with E-state index in [4.69, 9.17) is 4.65 Å². The largest absolute Gasteiger partial charge is 0.427 e. The van der Waals surface area contributed by atoms with Gasteiger partial charge in [-0.05, 0) is 68.9 Å². The number of fused-ring (bicyclic) bond motifs is 3. The van der Waals surface area contributed by atoms with Crippen molar-refractivity contribution in [1.82, 2.24) is 0 Å². The maximum absolute atomic E-state index is 11.5. The van der Waals surface area contributed by atoms with Gasteiger partial charge >= 0.3 is 7.48 Å². The molecule has 0 spiro atoms. The lowest BCUT2D eigenvalue weighted by Crippen LogP contribution is -2.49. The highest BCUT2D eigenvalue weighted by Gasteiger charge is 2.42. The van der Waals surface area contributed by atoms with Crippen LogP contribution in [0.5, 0.6) is 0 Å². The fraction of sp³-hybridized carbons (Fsp3) is 0.500. The van der Waals surface area contributed by atoms with Gasteiger partial charge in [-0.2, -0.15) is 0 Å². The minimum Gasteiger partial charge on any atom is -0.427 e. The third kappa shape index (κ3) is 3.88. The van der Waals surface area contributed by atoms with Crippen molar-refractivity contribution in [2.24, 2.45) is 0 Å². The summed E-state index contributed by atoms with van der Waals surface area (Å²) in [5.74, 6) is 0. The summed E-state index contributed by atoms with van der Waals surface area (Å²) >= 11 is 0. The maximum atomic E-state index is 11.5.